The summed E-state index contributed by atoms with van der Waals surface area (Å²) in [6, 6.07) is 9.95. The van der Waals surface area contributed by atoms with Gasteiger partial charge in [0.15, 0.2) is 0 Å². The fourth-order valence-corrected chi connectivity index (χ4v) is 4.03. The topological polar surface area (TPSA) is 12.0 Å². The van der Waals surface area contributed by atoms with Crippen LogP contribution in [0.5, 0.6) is 0 Å². The summed E-state index contributed by atoms with van der Waals surface area (Å²) < 4.78 is 1.16. The van der Waals surface area contributed by atoms with Crippen LogP contribution < -0.4 is 5.32 Å². The minimum Gasteiger partial charge on any atom is -0.307 e. The van der Waals surface area contributed by atoms with Crippen LogP contribution in [0.2, 0.25) is 0 Å². The van der Waals surface area contributed by atoms with Crippen LogP contribution in [0.25, 0.3) is 0 Å². The number of rotatable bonds is 4. The number of hydrogen-bond donors (Lipinski definition) is 1. The van der Waals surface area contributed by atoms with Crippen LogP contribution >= 0.6 is 15.9 Å². The average molecular weight is 352 g/mol. The summed E-state index contributed by atoms with van der Waals surface area (Å²) in [7, 11) is 0. The van der Waals surface area contributed by atoms with Gasteiger partial charge in [0.05, 0.1) is 0 Å². The van der Waals surface area contributed by atoms with Gasteiger partial charge in [0.2, 0.25) is 0 Å². The van der Waals surface area contributed by atoms with Gasteiger partial charge < -0.3 is 5.32 Å². The molecule has 1 saturated carbocycles. The van der Waals surface area contributed by atoms with E-state index >= 15 is 0 Å². The second-order valence-electron chi connectivity index (χ2n) is 7.54. The number of nitrogens with one attached hydrogen (secondary N) is 1. The average Bonchev–Trinajstić information content (AvgIpc) is 2.45. The molecule has 1 aliphatic carbocycles. The van der Waals surface area contributed by atoms with Crippen molar-refractivity contribution in [3.63, 3.8) is 0 Å². The molecule has 2 rings (SSSR count). The minimum atomic E-state index is 0.399. The predicted molar refractivity (Wildman–Crippen MR) is 95.5 cm³/mol. The lowest BCUT2D eigenvalue weighted by atomic mass is 9.69. The molecule has 1 fully saturated rings. The van der Waals surface area contributed by atoms with Crippen molar-refractivity contribution in [3.05, 3.63) is 34.3 Å². The molecule has 1 aliphatic rings. The maximum atomic E-state index is 3.98. The highest BCUT2D eigenvalue weighted by molar-refractivity contribution is 9.10. The third-order valence-electron chi connectivity index (χ3n) is 4.97. The lowest BCUT2D eigenvalue weighted by Gasteiger charge is -2.42. The maximum absolute atomic E-state index is 3.98. The van der Waals surface area contributed by atoms with Crippen molar-refractivity contribution in [2.24, 2.45) is 11.3 Å². The van der Waals surface area contributed by atoms with E-state index < -0.39 is 0 Å². The van der Waals surface area contributed by atoms with Crippen LogP contribution in [0, 0.1) is 11.3 Å². The van der Waals surface area contributed by atoms with Gasteiger partial charge in [-0.15, -0.1) is 0 Å². The van der Waals surface area contributed by atoms with Gasteiger partial charge in [-0.2, -0.15) is 0 Å². The standard InChI is InChI=1S/C19H30BrN/c1-5-17(14-10-12-15(20)13-11-14)21-18-9-7-6-8-16(18)19(2,3)4/h10-13,16-18,21H,5-9H2,1-4H3. The van der Waals surface area contributed by atoms with Crippen LogP contribution in [0.15, 0.2) is 28.7 Å². The Morgan fingerprint density at radius 1 is 1.14 bits per heavy atom. The van der Waals surface area contributed by atoms with Crippen molar-refractivity contribution in [1.82, 2.24) is 5.32 Å². The number of benzene rings is 1. The van der Waals surface area contributed by atoms with E-state index in [1.165, 1.54) is 31.2 Å². The molecule has 21 heavy (non-hydrogen) atoms. The molecular formula is C19H30BrN. The van der Waals surface area contributed by atoms with E-state index in [1.807, 2.05) is 0 Å². The number of hydrogen-bond acceptors (Lipinski definition) is 1. The summed E-state index contributed by atoms with van der Waals surface area (Å²) >= 11 is 3.53. The summed E-state index contributed by atoms with van der Waals surface area (Å²) in [4.78, 5) is 0. The molecule has 0 amide bonds. The molecule has 1 aromatic carbocycles. The zero-order valence-electron chi connectivity index (χ0n) is 14.0. The Hall–Kier alpha value is -0.340. The highest BCUT2D eigenvalue weighted by Gasteiger charge is 2.34. The maximum Gasteiger partial charge on any atom is 0.0320 e. The molecule has 2 heteroatoms. The molecule has 0 aromatic heterocycles. The van der Waals surface area contributed by atoms with Gasteiger partial charge in [-0.3, -0.25) is 0 Å². The molecule has 118 valence electrons. The first kappa shape index (κ1) is 17.0. The van der Waals surface area contributed by atoms with Gasteiger partial charge in [0.1, 0.15) is 0 Å². The highest BCUT2D eigenvalue weighted by Crippen LogP contribution is 2.39. The molecule has 1 nitrogen and oxygen atoms in total. The molecule has 0 radical (unpaired) electrons. The summed E-state index contributed by atoms with van der Waals surface area (Å²) in [5.74, 6) is 0.788. The van der Waals surface area contributed by atoms with Crippen LogP contribution in [0.4, 0.5) is 0 Å². The monoisotopic (exact) mass is 351 g/mol. The smallest absolute Gasteiger partial charge is 0.0320 e. The van der Waals surface area contributed by atoms with Crippen LogP contribution in [0.3, 0.4) is 0 Å². The van der Waals surface area contributed by atoms with Gasteiger partial charge >= 0.3 is 0 Å². The van der Waals surface area contributed by atoms with Gasteiger partial charge in [-0.1, -0.05) is 68.6 Å². The van der Waals surface area contributed by atoms with E-state index in [9.17, 15) is 0 Å². The van der Waals surface area contributed by atoms with Gasteiger partial charge in [0.25, 0.3) is 0 Å². The Balaban J connectivity index is 2.10. The molecule has 0 spiro atoms. The largest absolute Gasteiger partial charge is 0.307 e. The molecule has 0 saturated heterocycles. The van der Waals surface area contributed by atoms with E-state index in [0.29, 0.717) is 17.5 Å². The molecule has 0 bridgehead atoms. The Bertz CT molecular complexity index is 432. The van der Waals surface area contributed by atoms with Gasteiger partial charge in [-0.25, -0.2) is 0 Å². The lowest BCUT2D eigenvalue weighted by molar-refractivity contribution is 0.122. The van der Waals surface area contributed by atoms with Crippen molar-refractivity contribution < 1.29 is 0 Å². The first-order valence-electron chi connectivity index (χ1n) is 8.43. The molecule has 1 aromatic rings. The first-order valence-corrected chi connectivity index (χ1v) is 9.22. The molecule has 3 atom stereocenters. The normalized spacial score (nSPS) is 24.8. The van der Waals surface area contributed by atoms with Crippen molar-refractivity contribution in [1.29, 1.82) is 0 Å². The fourth-order valence-electron chi connectivity index (χ4n) is 3.77. The molecule has 0 aliphatic heterocycles. The van der Waals surface area contributed by atoms with Crippen molar-refractivity contribution in [2.45, 2.75) is 71.9 Å². The summed E-state index contributed by atoms with van der Waals surface area (Å²) in [5.41, 5.74) is 1.81. The molecule has 1 N–H and O–H groups in total. The van der Waals surface area contributed by atoms with Crippen LogP contribution in [-0.2, 0) is 0 Å². The van der Waals surface area contributed by atoms with Crippen LogP contribution in [0.1, 0.15) is 71.4 Å². The zero-order valence-corrected chi connectivity index (χ0v) is 15.5. The second-order valence-corrected chi connectivity index (χ2v) is 8.46. The van der Waals surface area contributed by atoms with E-state index in [-0.39, 0.29) is 0 Å². The summed E-state index contributed by atoms with van der Waals surface area (Å²) in [5, 5.41) is 3.98. The first-order chi connectivity index (χ1) is 9.91. The van der Waals surface area contributed by atoms with Crippen molar-refractivity contribution >= 4 is 15.9 Å². The van der Waals surface area contributed by atoms with Crippen molar-refractivity contribution in [2.75, 3.05) is 0 Å². The quantitative estimate of drug-likeness (QED) is 0.691. The third-order valence-corrected chi connectivity index (χ3v) is 5.50. The van der Waals surface area contributed by atoms with Gasteiger partial charge in [0, 0.05) is 16.6 Å². The van der Waals surface area contributed by atoms with E-state index in [1.54, 1.807) is 0 Å². The molecular weight excluding hydrogens is 322 g/mol. The highest BCUT2D eigenvalue weighted by atomic mass is 79.9. The summed E-state index contributed by atoms with van der Waals surface area (Å²) in [6.45, 7) is 9.49. The van der Waals surface area contributed by atoms with Crippen LogP contribution in [-0.4, -0.2) is 6.04 Å². The third kappa shape index (κ3) is 4.56. The fraction of sp³-hybridized carbons (Fsp3) is 0.684. The predicted octanol–water partition coefficient (Wildman–Crippen LogP) is 6.09. The molecule has 0 heterocycles. The summed E-state index contributed by atoms with van der Waals surface area (Å²) in [6.07, 6.45) is 6.62. The zero-order chi connectivity index (χ0) is 15.5. The SMILES string of the molecule is CCC(NC1CCCCC1C(C)(C)C)c1ccc(Br)cc1. The van der Waals surface area contributed by atoms with Crippen molar-refractivity contribution in [3.8, 4) is 0 Å². The Kier molecular flexibility index (Phi) is 5.90. The Morgan fingerprint density at radius 2 is 1.76 bits per heavy atom. The van der Waals surface area contributed by atoms with E-state index in [0.717, 1.165) is 16.8 Å². The Morgan fingerprint density at radius 3 is 2.33 bits per heavy atom. The molecule has 3 unspecified atom stereocenters. The lowest BCUT2D eigenvalue weighted by Crippen LogP contribution is -2.45. The van der Waals surface area contributed by atoms with Gasteiger partial charge in [-0.05, 0) is 48.3 Å². The second kappa shape index (κ2) is 7.28. The van der Waals surface area contributed by atoms with E-state index in [2.05, 4.69) is 73.2 Å². The van der Waals surface area contributed by atoms with E-state index in [4.69, 9.17) is 0 Å². The number of halogens is 1. The Labute approximate surface area is 139 Å². The minimum absolute atomic E-state index is 0.399.